The minimum Gasteiger partial charge on any atom is -0.497 e. The number of thioether (sulfide) groups is 1. The number of ether oxygens (including phenoxy) is 2. The Bertz CT molecular complexity index is 1100. The molecule has 4 aromatic rings. The van der Waals surface area contributed by atoms with E-state index in [9.17, 15) is 0 Å². The van der Waals surface area contributed by atoms with Crippen molar-refractivity contribution in [2.24, 2.45) is 0 Å². The van der Waals surface area contributed by atoms with E-state index in [1.165, 1.54) is 5.52 Å². The van der Waals surface area contributed by atoms with Crippen molar-refractivity contribution in [2.45, 2.75) is 24.4 Å². The number of hydrogen-bond acceptors (Lipinski definition) is 6. The van der Waals surface area contributed by atoms with Gasteiger partial charge in [0.25, 0.3) is 0 Å². The van der Waals surface area contributed by atoms with Crippen molar-refractivity contribution >= 4 is 34.1 Å². The molecule has 0 amide bonds. The standard InChI is InChI=1S/C21H21N3O2S2/c1-4-24-18-8-6-5-7-17(18)23-21(24)28-13-14-12-27-20(22-14)16-10-9-15(25-2)11-19(16)26-3/h5-12H,4,13H2,1-3H3. The van der Waals surface area contributed by atoms with Gasteiger partial charge in [-0.2, -0.15) is 0 Å². The van der Waals surface area contributed by atoms with Gasteiger partial charge in [-0.15, -0.1) is 11.3 Å². The molecule has 0 aliphatic rings. The molecule has 0 radical (unpaired) electrons. The minimum absolute atomic E-state index is 0.765. The monoisotopic (exact) mass is 411 g/mol. The predicted molar refractivity (Wildman–Crippen MR) is 116 cm³/mol. The summed E-state index contributed by atoms with van der Waals surface area (Å²) in [4.78, 5) is 9.59. The van der Waals surface area contributed by atoms with Gasteiger partial charge in [-0.05, 0) is 31.2 Å². The van der Waals surface area contributed by atoms with Gasteiger partial charge < -0.3 is 14.0 Å². The molecule has 4 rings (SSSR count). The molecular weight excluding hydrogens is 390 g/mol. The predicted octanol–water partition coefficient (Wildman–Crippen LogP) is 5.49. The summed E-state index contributed by atoms with van der Waals surface area (Å²) in [5, 5.41) is 4.07. The molecule has 0 unspecified atom stereocenters. The van der Waals surface area contributed by atoms with Crippen LogP contribution in [0.4, 0.5) is 0 Å². The molecular formula is C21H21N3O2S2. The summed E-state index contributed by atoms with van der Waals surface area (Å²) in [6.45, 7) is 3.04. The Balaban J connectivity index is 1.55. The zero-order valence-corrected chi connectivity index (χ0v) is 17.6. The normalized spacial score (nSPS) is 11.1. The van der Waals surface area contributed by atoms with Crippen LogP contribution in [0.5, 0.6) is 11.5 Å². The summed E-state index contributed by atoms with van der Waals surface area (Å²) >= 11 is 3.34. The average molecular weight is 412 g/mol. The van der Waals surface area contributed by atoms with Gasteiger partial charge in [0.2, 0.25) is 0 Å². The largest absolute Gasteiger partial charge is 0.497 e. The van der Waals surface area contributed by atoms with Gasteiger partial charge in [-0.3, -0.25) is 0 Å². The van der Waals surface area contributed by atoms with Gasteiger partial charge >= 0.3 is 0 Å². The highest BCUT2D eigenvalue weighted by Gasteiger charge is 2.14. The third kappa shape index (κ3) is 3.59. The van der Waals surface area contributed by atoms with Crippen molar-refractivity contribution < 1.29 is 9.47 Å². The second-order valence-corrected chi connectivity index (χ2v) is 7.93. The van der Waals surface area contributed by atoms with Crippen LogP contribution >= 0.6 is 23.1 Å². The van der Waals surface area contributed by atoms with Gasteiger partial charge in [-0.25, -0.2) is 9.97 Å². The Hall–Kier alpha value is -2.51. The van der Waals surface area contributed by atoms with Crippen LogP contribution in [0.25, 0.3) is 21.6 Å². The second kappa shape index (κ2) is 8.24. The molecule has 5 nitrogen and oxygen atoms in total. The molecule has 0 spiro atoms. The SMILES string of the molecule is CCn1c(SCc2csc(-c3ccc(OC)cc3OC)n2)nc2ccccc21. The van der Waals surface area contributed by atoms with E-state index in [1.807, 2.05) is 24.3 Å². The number of aromatic nitrogens is 3. The van der Waals surface area contributed by atoms with Crippen LogP contribution in [0, 0.1) is 0 Å². The fourth-order valence-corrected chi connectivity index (χ4v) is 5.01. The first-order chi connectivity index (χ1) is 13.7. The van der Waals surface area contributed by atoms with Crippen molar-refractivity contribution in [1.82, 2.24) is 14.5 Å². The van der Waals surface area contributed by atoms with Crippen LogP contribution in [0.2, 0.25) is 0 Å². The van der Waals surface area contributed by atoms with Gasteiger partial charge in [0.1, 0.15) is 16.5 Å². The van der Waals surface area contributed by atoms with Crippen LogP contribution in [0.15, 0.2) is 53.0 Å². The fourth-order valence-electron chi connectivity index (χ4n) is 3.08. The van der Waals surface area contributed by atoms with E-state index < -0.39 is 0 Å². The number of methoxy groups -OCH3 is 2. The molecule has 0 N–H and O–H groups in total. The Kier molecular flexibility index (Phi) is 5.54. The summed E-state index contributed by atoms with van der Waals surface area (Å²) in [5.41, 5.74) is 4.23. The van der Waals surface area contributed by atoms with E-state index in [2.05, 4.69) is 35.1 Å². The number of para-hydroxylation sites is 2. The van der Waals surface area contributed by atoms with Gasteiger partial charge in [-0.1, -0.05) is 23.9 Å². The number of aryl methyl sites for hydroxylation is 1. The highest BCUT2D eigenvalue weighted by atomic mass is 32.2. The molecule has 0 bridgehead atoms. The number of thiazole rings is 1. The Labute approximate surface area is 172 Å². The Morgan fingerprint density at radius 1 is 1.07 bits per heavy atom. The van der Waals surface area contributed by atoms with Crippen LogP contribution in [-0.2, 0) is 12.3 Å². The van der Waals surface area contributed by atoms with E-state index >= 15 is 0 Å². The number of nitrogens with zero attached hydrogens (tertiary/aromatic N) is 3. The second-order valence-electron chi connectivity index (χ2n) is 6.13. The first-order valence-corrected chi connectivity index (χ1v) is 10.8. The Morgan fingerprint density at radius 3 is 2.71 bits per heavy atom. The maximum atomic E-state index is 5.51. The van der Waals surface area contributed by atoms with Crippen LogP contribution in [0.3, 0.4) is 0 Å². The van der Waals surface area contributed by atoms with Gasteiger partial charge in [0.15, 0.2) is 5.16 Å². The van der Waals surface area contributed by atoms with E-state index in [0.29, 0.717) is 0 Å². The maximum absolute atomic E-state index is 5.51. The third-order valence-corrected chi connectivity index (χ3v) is 6.41. The topological polar surface area (TPSA) is 49.2 Å². The highest BCUT2D eigenvalue weighted by molar-refractivity contribution is 7.98. The molecule has 7 heteroatoms. The zero-order valence-electron chi connectivity index (χ0n) is 16.0. The lowest BCUT2D eigenvalue weighted by Gasteiger charge is -2.08. The van der Waals surface area contributed by atoms with E-state index in [4.69, 9.17) is 19.4 Å². The number of benzene rings is 2. The summed E-state index contributed by atoms with van der Waals surface area (Å²) in [6.07, 6.45) is 0. The maximum Gasteiger partial charge on any atom is 0.169 e. The molecule has 2 heterocycles. The zero-order chi connectivity index (χ0) is 19.5. The summed E-state index contributed by atoms with van der Waals surface area (Å²) < 4.78 is 13.0. The third-order valence-electron chi connectivity index (χ3n) is 4.48. The molecule has 28 heavy (non-hydrogen) atoms. The van der Waals surface area contributed by atoms with Crippen LogP contribution < -0.4 is 9.47 Å². The average Bonchev–Trinajstić information content (AvgIpc) is 3.35. The van der Waals surface area contributed by atoms with Crippen molar-refractivity contribution in [3.63, 3.8) is 0 Å². The van der Waals surface area contributed by atoms with E-state index in [1.54, 1.807) is 37.3 Å². The smallest absolute Gasteiger partial charge is 0.169 e. The van der Waals surface area contributed by atoms with Crippen molar-refractivity contribution in [3.8, 4) is 22.1 Å². The van der Waals surface area contributed by atoms with E-state index in [-0.39, 0.29) is 0 Å². The molecule has 0 saturated heterocycles. The first kappa shape index (κ1) is 18.8. The van der Waals surface area contributed by atoms with Crippen LogP contribution in [0.1, 0.15) is 12.6 Å². The fraction of sp³-hybridized carbons (Fsp3) is 0.238. The molecule has 2 aromatic heterocycles. The van der Waals surface area contributed by atoms with Crippen molar-refractivity contribution in [1.29, 1.82) is 0 Å². The van der Waals surface area contributed by atoms with Crippen LogP contribution in [-0.4, -0.2) is 28.8 Å². The van der Waals surface area contributed by atoms with Gasteiger partial charge in [0.05, 0.1) is 36.5 Å². The highest BCUT2D eigenvalue weighted by Crippen LogP contribution is 2.36. The molecule has 0 atom stereocenters. The molecule has 2 aromatic carbocycles. The van der Waals surface area contributed by atoms with Gasteiger partial charge in [0, 0.05) is 23.7 Å². The number of fused-ring (bicyclic) bond motifs is 1. The number of imidazole rings is 1. The molecule has 0 fully saturated rings. The summed E-state index contributed by atoms with van der Waals surface area (Å²) in [5.74, 6) is 2.31. The number of hydrogen-bond donors (Lipinski definition) is 0. The summed E-state index contributed by atoms with van der Waals surface area (Å²) in [6, 6.07) is 14.1. The molecule has 0 aliphatic heterocycles. The lowest BCUT2D eigenvalue weighted by Crippen LogP contribution is -1.96. The quantitative estimate of drug-likeness (QED) is 0.376. The number of rotatable bonds is 7. The lowest BCUT2D eigenvalue weighted by molar-refractivity contribution is 0.395. The molecule has 144 valence electrons. The first-order valence-electron chi connectivity index (χ1n) is 8.98. The minimum atomic E-state index is 0.765. The van der Waals surface area contributed by atoms with E-state index in [0.717, 1.165) is 50.7 Å². The molecule has 0 saturated carbocycles. The lowest BCUT2D eigenvalue weighted by atomic mass is 10.2. The summed E-state index contributed by atoms with van der Waals surface area (Å²) in [7, 11) is 3.31. The molecule has 0 aliphatic carbocycles. The Morgan fingerprint density at radius 2 is 1.93 bits per heavy atom. The van der Waals surface area contributed by atoms with Crippen molar-refractivity contribution in [3.05, 3.63) is 53.5 Å². The van der Waals surface area contributed by atoms with Crippen molar-refractivity contribution in [2.75, 3.05) is 14.2 Å².